The fraction of sp³-hybridized carbons (Fsp3) is 0.133. The lowest BCUT2D eigenvalue weighted by molar-refractivity contribution is 0.252. The molecule has 2 aromatic carbocycles. The number of rotatable bonds is 3. The van der Waals surface area contributed by atoms with Crippen LogP contribution in [0.25, 0.3) is 11.1 Å². The van der Waals surface area contributed by atoms with Crippen molar-refractivity contribution in [3.8, 4) is 11.1 Å². The standard InChI is InChI=1S/C15H14BrN3O3S/c16-11-3-1-10(2-4-11)13-9-12(19-8-7-18-15(19)20)5-6-14(13)23(17,21)22/h1-6,9H,7-8H2,(H,18,20)(H2,17,21,22). The summed E-state index contributed by atoms with van der Waals surface area (Å²) in [5.41, 5.74) is 1.81. The number of hydrogen-bond acceptors (Lipinski definition) is 3. The van der Waals surface area contributed by atoms with Gasteiger partial charge in [0.05, 0.1) is 4.90 Å². The largest absolute Gasteiger partial charge is 0.336 e. The Labute approximate surface area is 142 Å². The Hall–Kier alpha value is -1.90. The molecule has 1 heterocycles. The second-order valence-electron chi connectivity index (χ2n) is 5.12. The van der Waals surface area contributed by atoms with Gasteiger partial charge in [-0.1, -0.05) is 28.1 Å². The maximum Gasteiger partial charge on any atom is 0.321 e. The van der Waals surface area contributed by atoms with E-state index in [1.165, 1.54) is 6.07 Å². The predicted molar refractivity (Wildman–Crippen MR) is 91.7 cm³/mol. The zero-order valence-corrected chi connectivity index (χ0v) is 14.4. The van der Waals surface area contributed by atoms with Crippen molar-refractivity contribution in [1.82, 2.24) is 5.32 Å². The fourth-order valence-corrected chi connectivity index (χ4v) is 3.51. The van der Waals surface area contributed by atoms with Crippen molar-refractivity contribution in [2.24, 2.45) is 5.14 Å². The van der Waals surface area contributed by atoms with E-state index in [0.717, 1.165) is 4.47 Å². The second-order valence-corrected chi connectivity index (χ2v) is 7.56. The van der Waals surface area contributed by atoms with E-state index < -0.39 is 10.0 Å². The van der Waals surface area contributed by atoms with Gasteiger partial charge in [-0.05, 0) is 35.9 Å². The normalized spacial score (nSPS) is 14.9. The van der Waals surface area contributed by atoms with Gasteiger partial charge in [0.25, 0.3) is 0 Å². The Morgan fingerprint density at radius 1 is 1.13 bits per heavy atom. The van der Waals surface area contributed by atoms with Crippen molar-refractivity contribution < 1.29 is 13.2 Å². The maximum absolute atomic E-state index is 11.9. The highest BCUT2D eigenvalue weighted by Crippen LogP contribution is 2.32. The number of nitrogens with two attached hydrogens (primary N) is 1. The number of carbonyl (C=O) groups is 1. The van der Waals surface area contributed by atoms with Crippen LogP contribution in [0.15, 0.2) is 51.8 Å². The van der Waals surface area contributed by atoms with Crippen molar-refractivity contribution in [3.63, 3.8) is 0 Å². The number of amides is 2. The van der Waals surface area contributed by atoms with E-state index >= 15 is 0 Å². The highest BCUT2D eigenvalue weighted by atomic mass is 79.9. The van der Waals surface area contributed by atoms with Crippen LogP contribution in [0, 0.1) is 0 Å². The molecule has 1 aliphatic rings. The summed E-state index contributed by atoms with van der Waals surface area (Å²) in [5.74, 6) is 0. The first-order valence-electron chi connectivity index (χ1n) is 6.84. The number of benzene rings is 2. The summed E-state index contributed by atoms with van der Waals surface area (Å²) < 4.78 is 24.6. The molecule has 0 unspecified atom stereocenters. The lowest BCUT2D eigenvalue weighted by Gasteiger charge is -2.17. The first kappa shape index (κ1) is 16.0. The molecule has 120 valence electrons. The molecular weight excluding hydrogens is 382 g/mol. The zero-order valence-electron chi connectivity index (χ0n) is 12.0. The van der Waals surface area contributed by atoms with Gasteiger partial charge in [0.1, 0.15) is 0 Å². The highest BCUT2D eigenvalue weighted by molar-refractivity contribution is 9.10. The van der Waals surface area contributed by atoms with Crippen LogP contribution < -0.4 is 15.4 Å². The lowest BCUT2D eigenvalue weighted by Crippen LogP contribution is -2.27. The number of sulfonamides is 1. The van der Waals surface area contributed by atoms with Crippen LogP contribution in [-0.2, 0) is 10.0 Å². The molecule has 1 fully saturated rings. The number of urea groups is 1. The number of carbonyl (C=O) groups excluding carboxylic acids is 1. The first-order chi connectivity index (χ1) is 10.9. The molecule has 23 heavy (non-hydrogen) atoms. The van der Waals surface area contributed by atoms with E-state index in [-0.39, 0.29) is 10.9 Å². The third kappa shape index (κ3) is 3.24. The van der Waals surface area contributed by atoms with Crippen molar-refractivity contribution in [3.05, 3.63) is 46.9 Å². The Morgan fingerprint density at radius 3 is 2.39 bits per heavy atom. The summed E-state index contributed by atoms with van der Waals surface area (Å²) in [6.45, 7) is 1.09. The molecule has 0 atom stereocenters. The van der Waals surface area contributed by atoms with Crippen LogP contribution in [0.1, 0.15) is 0 Å². The summed E-state index contributed by atoms with van der Waals surface area (Å²) >= 11 is 3.35. The molecule has 1 aliphatic heterocycles. The fourth-order valence-electron chi connectivity index (χ4n) is 2.51. The predicted octanol–water partition coefficient (Wildman–Crippen LogP) is 2.29. The number of halogens is 1. The average molecular weight is 396 g/mol. The van der Waals surface area contributed by atoms with Gasteiger partial charge in [-0.25, -0.2) is 18.4 Å². The number of nitrogens with zero attached hydrogens (tertiary/aromatic N) is 1. The van der Waals surface area contributed by atoms with Crippen LogP contribution in [-0.4, -0.2) is 27.5 Å². The van der Waals surface area contributed by atoms with Gasteiger partial charge >= 0.3 is 6.03 Å². The number of primary sulfonamides is 1. The molecule has 0 saturated carbocycles. The molecule has 8 heteroatoms. The SMILES string of the molecule is NS(=O)(=O)c1ccc(N2CCNC2=O)cc1-c1ccc(Br)cc1. The monoisotopic (exact) mass is 395 g/mol. The molecule has 3 rings (SSSR count). The second kappa shape index (κ2) is 5.95. The summed E-state index contributed by atoms with van der Waals surface area (Å²) in [6.07, 6.45) is 0. The Balaban J connectivity index is 2.16. The molecule has 3 N–H and O–H groups in total. The van der Waals surface area contributed by atoms with Gasteiger partial charge in [0, 0.05) is 28.8 Å². The lowest BCUT2D eigenvalue weighted by atomic mass is 10.0. The van der Waals surface area contributed by atoms with E-state index in [1.54, 1.807) is 29.2 Å². The summed E-state index contributed by atoms with van der Waals surface area (Å²) in [7, 11) is -3.88. The van der Waals surface area contributed by atoms with E-state index in [2.05, 4.69) is 21.2 Å². The van der Waals surface area contributed by atoms with Gasteiger partial charge in [-0.2, -0.15) is 0 Å². The van der Waals surface area contributed by atoms with Gasteiger partial charge in [-0.15, -0.1) is 0 Å². The molecule has 0 aliphatic carbocycles. The number of hydrogen-bond donors (Lipinski definition) is 2. The average Bonchev–Trinajstić information content (AvgIpc) is 2.93. The molecule has 0 bridgehead atoms. The van der Waals surface area contributed by atoms with Gasteiger partial charge < -0.3 is 5.32 Å². The molecule has 0 radical (unpaired) electrons. The molecule has 0 spiro atoms. The maximum atomic E-state index is 11.9. The van der Waals surface area contributed by atoms with Crippen LogP contribution in [0.4, 0.5) is 10.5 Å². The number of nitrogens with one attached hydrogen (secondary N) is 1. The zero-order chi connectivity index (χ0) is 16.6. The van der Waals surface area contributed by atoms with Crippen molar-refractivity contribution in [1.29, 1.82) is 0 Å². The molecule has 1 saturated heterocycles. The van der Waals surface area contributed by atoms with Gasteiger partial charge in [0.2, 0.25) is 10.0 Å². The third-order valence-electron chi connectivity index (χ3n) is 3.59. The molecule has 0 aromatic heterocycles. The van der Waals surface area contributed by atoms with Gasteiger partial charge in [-0.3, -0.25) is 4.90 Å². The highest BCUT2D eigenvalue weighted by Gasteiger charge is 2.23. The van der Waals surface area contributed by atoms with Crippen LogP contribution in [0.5, 0.6) is 0 Å². The first-order valence-corrected chi connectivity index (χ1v) is 9.18. The summed E-state index contributed by atoms with van der Waals surface area (Å²) in [4.78, 5) is 13.4. The van der Waals surface area contributed by atoms with E-state index in [1.807, 2.05) is 12.1 Å². The quantitative estimate of drug-likeness (QED) is 0.834. The smallest absolute Gasteiger partial charge is 0.321 e. The van der Waals surface area contributed by atoms with Gasteiger partial charge in [0.15, 0.2) is 0 Å². The Morgan fingerprint density at radius 2 is 1.83 bits per heavy atom. The van der Waals surface area contributed by atoms with Crippen molar-refractivity contribution >= 4 is 37.7 Å². The minimum absolute atomic E-state index is 0.0307. The van der Waals surface area contributed by atoms with Crippen molar-refractivity contribution in [2.45, 2.75) is 4.90 Å². The minimum atomic E-state index is -3.88. The van der Waals surface area contributed by atoms with Crippen LogP contribution in [0.3, 0.4) is 0 Å². The van der Waals surface area contributed by atoms with E-state index in [0.29, 0.717) is 29.9 Å². The van der Waals surface area contributed by atoms with E-state index in [9.17, 15) is 13.2 Å². The molecule has 6 nitrogen and oxygen atoms in total. The topological polar surface area (TPSA) is 92.5 Å². The Kier molecular flexibility index (Phi) is 4.13. The van der Waals surface area contributed by atoms with Crippen LogP contribution >= 0.6 is 15.9 Å². The molecule has 2 aromatic rings. The summed E-state index contributed by atoms with van der Waals surface area (Å²) in [6, 6.07) is 11.7. The minimum Gasteiger partial charge on any atom is -0.336 e. The molecule has 2 amide bonds. The van der Waals surface area contributed by atoms with E-state index in [4.69, 9.17) is 5.14 Å². The third-order valence-corrected chi connectivity index (χ3v) is 5.09. The molecular formula is C15H14BrN3O3S. The van der Waals surface area contributed by atoms with Crippen molar-refractivity contribution in [2.75, 3.05) is 18.0 Å². The Bertz CT molecular complexity index is 866. The summed E-state index contributed by atoms with van der Waals surface area (Å²) in [5, 5.41) is 8.04. The number of anilines is 1. The van der Waals surface area contributed by atoms with Crippen LogP contribution in [0.2, 0.25) is 0 Å².